The van der Waals surface area contributed by atoms with Crippen LogP contribution in [0.4, 0.5) is 0 Å². The second kappa shape index (κ2) is 8.11. The summed E-state index contributed by atoms with van der Waals surface area (Å²) in [7, 11) is 0. The topological polar surface area (TPSA) is 96.4 Å². The van der Waals surface area contributed by atoms with Crippen molar-refractivity contribution in [2.75, 3.05) is 0 Å². The molecule has 0 atom stereocenters. The smallest absolute Gasteiger partial charge is 0.211 e. The van der Waals surface area contributed by atoms with Gasteiger partial charge in [-0.1, -0.05) is 61.5 Å². The molecule has 0 bridgehead atoms. The predicted molar refractivity (Wildman–Crippen MR) is 105 cm³/mol. The first kappa shape index (κ1) is 17.4. The summed E-state index contributed by atoms with van der Waals surface area (Å²) in [6, 6.07) is 18.7. The SMILES string of the molecule is CCc1ccc(-c2[nH][n+](Cc3ccccc3)cc2/C=N/N=C(N)N)cc1. The minimum atomic E-state index is -0.0669. The van der Waals surface area contributed by atoms with Crippen molar-refractivity contribution in [3.05, 3.63) is 77.5 Å². The molecule has 6 nitrogen and oxygen atoms in total. The zero-order valence-electron chi connectivity index (χ0n) is 14.8. The number of rotatable bonds is 6. The van der Waals surface area contributed by atoms with Crippen LogP contribution in [0, 0.1) is 0 Å². The number of aryl methyl sites for hydroxylation is 1. The minimum absolute atomic E-state index is 0.0669. The molecule has 0 aliphatic rings. The zero-order chi connectivity index (χ0) is 18.4. The third kappa shape index (κ3) is 4.36. The van der Waals surface area contributed by atoms with Crippen LogP contribution in [0.1, 0.15) is 23.6 Å². The lowest BCUT2D eigenvalue weighted by Crippen LogP contribution is -2.35. The fraction of sp³-hybridized carbons (Fsp3) is 0.150. The maximum absolute atomic E-state index is 5.35. The van der Waals surface area contributed by atoms with E-state index >= 15 is 0 Å². The van der Waals surface area contributed by atoms with Crippen LogP contribution in [-0.4, -0.2) is 17.3 Å². The number of hydrogen-bond donors (Lipinski definition) is 3. The van der Waals surface area contributed by atoms with Gasteiger partial charge >= 0.3 is 0 Å². The predicted octanol–water partition coefficient (Wildman–Crippen LogP) is 2.19. The number of hydrogen-bond acceptors (Lipinski definition) is 2. The number of H-pyrrole nitrogens is 1. The lowest BCUT2D eigenvalue weighted by molar-refractivity contribution is -0.741. The summed E-state index contributed by atoms with van der Waals surface area (Å²) in [5.74, 6) is -0.0669. The van der Waals surface area contributed by atoms with E-state index in [1.165, 1.54) is 11.1 Å². The van der Waals surface area contributed by atoms with Crippen molar-refractivity contribution in [3.63, 3.8) is 0 Å². The highest BCUT2D eigenvalue weighted by molar-refractivity contribution is 5.88. The van der Waals surface area contributed by atoms with Gasteiger partial charge in [0.2, 0.25) is 12.2 Å². The molecule has 3 aromatic rings. The Labute approximate surface area is 152 Å². The molecule has 0 saturated heterocycles. The van der Waals surface area contributed by atoms with E-state index in [1.54, 1.807) is 6.21 Å². The van der Waals surface area contributed by atoms with Crippen molar-refractivity contribution in [1.82, 2.24) is 5.10 Å². The van der Waals surface area contributed by atoms with Gasteiger partial charge in [0, 0.05) is 11.1 Å². The van der Waals surface area contributed by atoms with Gasteiger partial charge < -0.3 is 11.5 Å². The maximum atomic E-state index is 5.35. The Hall–Kier alpha value is -3.41. The van der Waals surface area contributed by atoms with Crippen LogP contribution in [0.3, 0.4) is 0 Å². The van der Waals surface area contributed by atoms with E-state index in [9.17, 15) is 0 Å². The molecule has 1 aromatic heterocycles. The van der Waals surface area contributed by atoms with Gasteiger partial charge in [-0.3, -0.25) is 0 Å². The summed E-state index contributed by atoms with van der Waals surface area (Å²) in [5.41, 5.74) is 16.2. The molecule has 0 fully saturated rings. The van der Waals surface area contributed by atoms with Crippen LogP contribution in [0.2, 0.25) is 0 Å². The normalized spacial score (nSPS) is 11.0. The number of benzene rings is 2. The molecule has 0 radical (unpaired) electrons. The molecule has 0 spiro atoms. The molecule has 1 heterocycles. The third-order valence-corrected chi connectivity index (χ3v) is 4.06. The lowest BCUT2D eigenvalue weighted by atomic mass is 10.1. The van der Waals surface area contributed by atoms with E-state index in [1.807, 2.05) is 29.1 Å². The standard InChI is InChI=1S/C20H22N6/c1-2-15-8-10-17(11-9-15)19-18(12-23-24-20(21)22)14-26(25-19)13-16-6-4-3-5-7-16/h3-12,14H,2,13H2,1H3,(H4,21,22,24)/p+1/b23-12+. The molecule has 0 saturated carbocycles. The summed E-state index contributed by atoms with van der Waals surface area (Å²) in [6.07, 6.45) is 4.67. The van der Waals surface area contributed by atoms with Crippen molar-refractivity contribution in [2.45, 2.75) is 19.9 Å². The van der Waals surface area contributed by atoms with E-state index in [0.29, 0.717) is 0 Å². The monoisotopic (exact) mass is 347 g/mol. The van der Waals surface area contributed by atoms with E-state index in [2.05, 4.69) is 58.6 Å². The lowest BCUT2D eigenvalue weighted by Gasteiger charge is -2.00. The number of nitrogens with zero attached hydrogens (tertiary/aromatic N) is 3. The first-order chi connectivity index (χ1) is 12.7. The quantitative estimate of drug-likeness (QED) is 0.276. The van der Waals surface area contributed by atoms with Gasteiger partial charge in [-0.2, -0.15) is 10.2 Å². The van der Waals surface area contributed by atoms with Crippen molar-refractivity contribution in [3.8, 4) is 11.3 Å². The second-order valence-corrected chi connectivity index (χ2v) is 6.00. The molecule has 5 N–H and O–H groups in total. The largest absolute Gasteiger partial charge is 0.369 e. The Bertz CT molecular complexity index is 903. The molecule has 0 unspecified atom stereocenters. The van der Waals surface area contributed by atoms with Gasteiger partial charge in [0.15, 0.2) is 6.54 Å². The van der Waals surface area contributed by atoms with E-state index < -0.39 is 0 Å². The Morgan fingerprint density at radius 1 is 1.04 bits per heavy atom. The van der Waals surface area contributed by atoms with Gasteiger partial charge in [0.25, 0.3) is 0 Å². The Morgan fingerprint density at radius 2 is 1.77 bits per heavy atom. The summed E-state index contributed by atoms with van der Waals surface area (Å²) < 4.78 is 2.02. The Balaban J connectivity index is 1.96. The fourth-order valence-electron chi connectivity index (χ4n) is 2.73. The van der Waals surface area contributed by atoms with Crippen LogP contribution in [0.5, 0.6) is 0 Å². The molecular weight excluding hydrogens is 324 g/mol. The highest BCUT2D eigenvalue weighted by atomic mass is 15.3. The average Bonchev–Trinajstić information content (AvgIpc) is 3.05. The molecule has 0 aliphatic heterocycles. The first-order valence-electron chi connectivity index (χ1n) is 8.53. The van der Waals surface area contributed by atoms with Gasteiger partial charge in [-0.05, 0) is 12.0 Å². The van der Waals surface area contributed by atoms with Crippen LogP contribution >= 0.6 is 0 Å². The highest BCUT2D eigenvalue weighted by Crippen LogP contribution is 2.20. The van der Waals surface area contributed by atoms with Crippen LogP contribution in [0.25, 0.3) is 11.3 Å². The third-order valence-electron chi connectivity index (χ3n) is 4.06. The van der Waals surface area contributed by atoms with Crippen molar-refractivity contribution in [1.29, 1.82) is 0 Å². The Morgan fingerprint density at radius 3 is 2.42 bits per heavy atom. The number of aromatic amines is 1. The Kier molecular flexibility index (Phi) is 5.43. The molecule has 132 valence electrons. The molecule has 3 rings (SSSR count). The van der Waals surface area contributed by atoms with Gasteiger partial charge in [0.05, 0.1) is 11.8 Å². The van der Waals surface area contributed by atoms with E-state index in [0.717, 1.165) is 29.8 Å². The first-order valence-corrected chi connectivity index (χ1v) is 8.53. The van der Waals surface area contributed by atoms with Crippen molar-refractivity contribution < 1.29 is 4.68 Å². The number of guanidine groups is 1. The van der Waals surface area contributed by atoms with Crippen LogP contribution in [0.15, 0.2) is 71.0 Å². The van der Waals surface area contributed by atoms with Crippen LogP contribution < -0.4 is 16.1 Å². The second-order valence-electron chi connectivity index (χ2n) is 6.00. The maximum Gasteiger partial charge on any atom is 0.211 e. The van der Waals surface area contributed by atoms with E-state index in [-0.39, 0.29) is 5.96 Å². The van der Waals surface area contributed by atoms with Gasteiger partial charge in [0.1, 0.15) is 5.69 Å². The summed E-state index contributed by atoms with van der Waals surface area (Å²) >= 11 is 0. The molecular formula is C20H23N6+. The molecule has 6 heteroatoms. The molecule has 2 aromatic carbocycles. The number of nitrogens with two attached hydrogens (primary N) is 2. The zero-order valence-corrected chi connectivity index (χ0v) is 14.8. The van der Waals surface area contributed by atoms with Crippen LogP contribution in [-0.2, 0) is 13.0 Å². The fourth-order valence-corrected chi connectivity index (χ4v) is 2.73. The summed E-state index contributed by atoms with van der Waals surface area (Å²) in [6.45, 7) is 2.88. The summed E-state index contributed by atoms with van der Waals surface area (Å²) in [4.78, 5) is 0. The summed E-state index contributed by atoms with van der Waals surface area (Å²) in [5, 5.41) is 11.1. The minimum Gasteiger partial charge on any atom is -0.369 e. The van der Waals surface area contributed by atoms with Gasteiger partial charge in [-0.15, -0.1) is 9.78 Å². The van der Waals surface area contributed by atoms with Gasteiger partial charge in [-0.25, -0.2) is 0 Å². The average molecular weight is 347 g/mol. The highest BCUT2D eigenvalue weighted by Gasteiger charge is 2.15. The van der Waals surface area contributed by atoms with Crippen molar-refractivity contribution >= 4 is 12.2 Å². The van der Waals surface area contributed by atoms with E-state index in [4.69, 9.17) is 11.5 Å². The number of nitrogens with one attached hydrogen (secondary N) is 1. The molecule has 26 heavy (non-hydrogen) atoms. The number of aromatic nitrogens is 2. The molecule has 0 amide bonds. The van der Waals surface area contributed by atoms with Crippen molar-refractivity contribution in [2.24, 2.45) is 21.7 Å². The molecule has 0 aliphatic carbocycles.